The molecule has 1 fully saturated rings. The maximum atomic E-state index is 12.2. The van der Waals surface area contributed by atoms with Gasteiger partial charge in [0.25, 0.3) is 0 Å². The highest BCUT2D eigenvalue weighted by molar-refractivity contribution is 5.77. The molecular formula is C18H21N3O2. The van der Waals surface area contributed by atoms with Crippen LogP contribution in [0, 0.1) is 0 Å². The molecule has 5 nitrogen and oxygen atoms in total. The fourth-order valence-electron chi connectivity index (χ4n) is 2.69. The first kappa shape index (κ1) is 15.5. The second kappa shape index (κ2) is 7.74. The Morgan fingerprint density at radius 1 is 1.00 bits per heavy atom. The molecule has 0 radical (unpaired) electrons. The van der Waals surface area contributed by atoms with Gasteiger partial charge in [-0.15, -0.1) is 0 Å². The van der Waals surface area contributed by atoms with Crippen LogP contribution in [0.25, 0.3) is 0 Å². The minimum Gasteiger partial charge on any atom is -0.368 e. The molecule has 1 aromatic heterocycles. The van der Waals surface area contributed by atoms with Crippen LogP contribution < -0.4 is 4.90 Å². The number of carbonyl (C=O) groups is 1. The van der Waals surface area contributed by atoms with Crippen LogP contribution in [-0.4, -0.2) is 48.6 Å². The van der Waals surface area contributed by atoms with E-state index >= 15 is 0 Å². The largest absolute Gasteiger partial charge is 0.368 e. The second-order valence-corrected chi connectivity index (χ2v) is 5.55. The summed E-state index contributed by atoms with van der Waals surface area (Å²) in [5.74, 6) is 0.0651. The Labute approximate surface area is 136 Å². The summed E-state index contributed by atoms with van der Waals surface area (Å²) in [6.07, 6.45) is 3.59. The zero-order valence-corrected chi connectivity index (χ0v) is 13.1. The van der Waals surface area contributed by atoms with Gasteiger partial charge in [0.05, 0.1) is 6.61 Å². The molecule has 0 bridgehead atoms. The average Bonchev–Trinajstić information content (AvgIpc) is 2.63. The Kier molecular flexibility index (Phi) is 5.21. The van der Waals surface area contributed by atoms with E-state index in [4.69, 9.17) is 4.74 Å². The third kappa shape index (κ3) is 4.29. The van der Waals surface area contributed by atoms with Crippen LogP contribution in [-0.2, 0) is 16.1 Å². The van der Waals surface area contributed by atoms with E-state index < -0.39 is 0 Å². The van der Waals surface area contributed by atoms with Crippen molar-refractivity contribution in [2.24, 2.45) is 0 Å². The first-order valence-electron chi connectivity index (χ1n) is 7.87. The van der Waals surface area contributed by atoms with E-state index in [-0.39, 0.29) is 12.5 Å². The van der Waals surface area contributed by atoms with Crippen LogP contribution in [0.15, 0.2) is 54.9 Å². The van der Waals surface area contributed by atoms with Crippen molar-refractivity contribution in [2.75, 3.05) is 37.7 Å². The maximum Gasteiger partial charge on any atom is 0.248 e. The number of aromatic nitrogens is 1. The molecule has 0 aliphatic carbocycles. The van der Waals surface area contributed by atoms with Crippen LogP contribution in [0.5, 0.6) is 0 Å². The van der Waals surface area contributed by atoms with E-state index in [0.29, 0.717) is 6.61 Å². The fraction of sp³-hybridized carbons (Fsp3) is 0.333. The SMILES string of the molecule is O=C(COCc1ccccc1)N1CCN(c2ccncc2)CC1. The van der Waals surface area contributed by atoms with Gasteiger partial charge in [-0.05, 0) is 17.7 Å². The number of piperazine rings is 1. The molecule has 1 amide bonds. The van der Waals surface area contributed by atoms with Gasteiger partial charge in [0, 0.05) is 44.3 Å². The van der Waals surface area contributed by atoms with Crippen LogP contribution >= 0.6 is 0 Å². The smallest absolute Gasteiger partial charge is 0.248 e. The quantitative estimate of drug-likeness (QED) is 0.847. The number of ether oxygens (including phenoxy) is 1. The van der Waals surface area contributed by atoms with Crippen LogP contribution in [0.2, 0.25) is 0 Å². The highest BCUT2D eigenvalue weighted by atomic mass is 16.5. The number of hydrogen-bond donors (Lipinski definition) is 0. The van der Waals surface area contributed by atoms with E-state index in [1.54, 1.807) is 12.4 Å². The summed E-state index contributed by atoms with van der Waals surface area (Å²) in [5.41, 5.74) is 2.25. The third-order valence-corrected chi connectivity index (χ3v) is 4.00. The molecule has 2 heterocycles. The predicted octanol–water partition coefficient (Wildman–Crippen LogP) is 1.95. The summed E-state index contributed by atoms with van der Waals surface area (Å²) >= 11 is 0. The van der Waals surface area contributed by atoms with Gasteiger partial charge in [-0.2, -0.15) is 0 Å². The van der Waals surface area contributed by atoms with Gasteiger partial charge in [0.1, 0.15) is 6.61 Å². The molecule has 3 rings (SSSR count). The number of rotatable bonds is 5. The Morgan fingerprint density at radius 2 is 1.70 bits per heavy atom. The van der Waals surface area contributed by atoms with Crippen molar-refractivity contribution < 1.29 is 9.53 Å². The van der Waals surface area contributed by atoms with E-state index in [9.17, 15) is 4.79 Å². The summed E-state index contributed by atoms with van der Waals surface area (Å²) in [4.78, 5) is 20.4. The molecule has 23 heavy (non-hydrogen) atoms. The minimum absolute atomic E-state index is 0.0651. The first-order valence-corrected chi connectivity index (χ1v) is 7.87. The molecule has 0 saturated carbocycles. The Hall–Kier alpha value is -2.40. The predicted molar refractivity (Wildman–Crippen MR) is 89.1 cm³/mol. The van der Waals surface area contributed by atoms with Crippen molar-refractivity contribution in [1.29, 1.82) is 0 Å². The zero-order valence-electron chi connectivity index (χ0n) is 13.1. The molecule has 5 heteroatoms. The molecule has 120 valence electrons. The summed E-state index contributed by atoms with van der Waals surface area (Å²) in [5, 5.41) is 0. The number of hydrogen-bond acceptors (Lipinski definition) is 4. The van der Waals surface area contributed by atoms with Gasteiger partial charge in [0.2, 0.25) is 5.91 Å². The lowest BCUT2D eigenvalue weighted by Gasteiger charge is -2.36. The first-order chi connectivity index (χ1) is 11.3. The summed E-state index contributed by atoms with van der Waals surface area (Å²) in [7, 11) is 0. The Bertz CT molecular complexity index is 611. The van der Waals surface area contributed by atoms with Crippen molar-refractivity contribution in [3.8, 4) is 0 Å². The van der Waals surface area contributed by atoms with Crippen molar-refractivity contribution in [1.82, 2.24) is 9.88 Å². The van der Waals surface area contributed by atoms with Crippen LogP contribution in [0.1, 0.15) is 5.56 Å². The summed E-state index contributed by atoms with van der Waals surface area (Å²) in [6, 6.07) is 13.9. The average molecular weight is 311 g/mol. The van der Waals surface area contributed by atoms with Gasteiger partial charge in [0.15, 0.2) is 0 Å². The number of anilines is 1. The van der Waals surface area contributed by atoms with E-state index in [1.807, 2.05) is 47.4 Å². The number of amides is 1. The van der Waals surface area contributed by atoms with E-state index in [0.717, 1.165) is 37.4 Å². The molecule has 2 aromatic rings. The van der Waals surface area contributed by atoms with Gasteiger partial charge < -0.3 is 14.5 Å². The van der Waals surface area contributed by atoms with Crippen molar-refractivity contribution >= 4 is 11.6 Å². The van der Waals surface area contributed by atoms with Gasteiger partial charge >= 0.3 is 0 Å². The molecule has 1 aliphatic rings. The van der Waals surface area contributed by atoms with Crippen LogP contribution in [0.3, 0.4) is 0 Å². The molecule has 1 aliphatic heterocycles. The van der Waals surface area contributed by atoms with Gasteiger partial charge in [-0.25, -0.2) is 0 Å². The zero-order chi connectivity index (χ0) is 15.9. The van der Waals surface area contributed by atoms with Crippen molar-refractivity contribution in [3.63, 3.8) is 0 Å². The summed E-state index contributed by atoms with van der Waals surface area (Å²) < 4.78 is 5.53. The molecule has 0 spiro atoms. The minimum atomic E-state index is 0.0651. The molecule has 1 aromatic carbocycles. The highest BCUT2D eigenvalue weighted by Crippen LogP contribution is 2.14. The Balaban J connectivity index is 1.41. The molecule has 0 N–H and O–H groups in total. The second-order valence-electron chi connectivity index (χ2n) is 5.55. The van der Waals surface area contributed by atoms with Gasteiger partial charge in [-0.3, -0.25) is 9.78 Å². The van der Waals surface area contributed by atoms with E-state index in [2.05, 4.69) is 9.88 Å². The number of carbonyl (C=O) groups excluding carboxylic acids is 1. The standard InChI is InChI=1S/C18H21N3O2/c22-18(15-23-14-16-4-2-1-3-5-16)21-12-10-20(11-13-21)17-6-8-19-9-7-17/h1-9H,10-15H2. The van der Waals surface area contributed by atoms with Crippen molar-refractivity contribution in [2.45, 2.75) is 6.61 Å². The number of benzene rings is 1. The Morgan fingerprint density at radius 3 is 2.39 bits per heavy atom. The normalized spacial score (nSPS) is 14.8. The topological polar surface area (TPSA) is 45.7 Å². The fourth-order valence-corrected chi connectivity index (χ4v) is 2.69. The number of nitrogens with zero attached hydrogens (tertiary/aromatic N) is 3. The molecular weight excluding hydrogens is 290 g/mol. The lowest BCUT2D eigenvalue weighted by molar-refractivity contribution is -0.136. The lowest BCUT2D eigenvalue weighted by Crippen LogP contribution is -2.49. The highest BCUT2D eigenvalue weighted by Gasteiger charge is 2.21. The molecule has 0 atom stereocenters. The third-order valence-electron chi connectivity index (χ3n) is 4.00. The maximum absolute atomic E-state index is 12.2. The summed E-state index contributed by atoms with van der Waals surface area (Å²) in [6.45, 7) is 3.77. The van der Waals surface area contributed by atoms with Crippen molar-refractivity contribution in [3.05, 3.63) is 60.4 Å². The monoisotopic (exact) mass is 311 g/mol. The van der Waals surface area contributed by atoms with E-state index in [1.165, 1.54) is 0 Å². The molecule has 0 unspecified atom stereocenters. The number of pyridine rings is 1. The van der Waals surface area contributed by atoms with Gasteiger partial charge in [-0.1, -0.05) is 30.3 Å². The molecule has 1 saturated heterocycles. The lowest BCUT2D eigenvalue weighted by atomic mass is 10.2. The van der Waals surface area contributed by atoms with Crippen LogP contribution in [0.4, 0.5) is 5.69 Å².